The molecule has 1 aliphatic carbocycles. The highest BCUT2D eigenvalue weighted by Crippen LogP contribution is 2.47. The van der Waals surface area contributed by atoms with Crippen LogP contribution in [0.2, 0.25) is 0 Å². The molecule has 1 aliphatic rings. The van der Waals surface area contributed by atoms with Gasteiger partial charge in [0.2, 0.25) is 0 Å². The molecular weight excluding hydrogens is 322 g/mol. The summed E-state index contributed by atoms with van der Waals surface area (Å²) < 4.78 is 6.52. The molecule has 2 rings (SSSR count). The van der Waals surface area contributed by atoms with Crippen molar-refractivity contribution in [1.29, 1.82) is 0 Å². The Morgan fingerprint density at radius 1 is 1.30 bits per heavy atom. The number of hydrogen-bond donors (Lipinski definition) is 3. The zero-order chi connectivity index (χ0) is 14.4. The van der Waals surface area contributed by atoms with Crippen molar-refractivity contribution in [2.75, 3.05) is 26.3 Å². The van der Waals surface area contributed by atoms with Gasteiger partial charge in [0.25, 0.3) is 0 Å². The highest BCUT2D eigenvalue weighted by molar-refractivity contribution is 9.10. The van der Waals surface area contributed by atoms with Crippen LogP contribution in [-0.4, -0.2) is 42.6 Å². The average Bonchev–Trinajstić information content (AvgIpc) is 3.18. The first-order valence-electron chi connectivity index (χ1n) is 7.02. The summed E-state index contributed by atoms with van der Waals surface area (Å²) in [4.78, 5) is 0. The molecule has 0 saturated heterocycles. The van der Waals surface area contributed by atoms with E-state index in [-0.39, 0.29) is 18.6 Å². The van der Waals surface area contributed by atoms with Crippen molar-refractivity contribution in [2.45, 2.75) is 25.4 Å². The van der Waals surface area contributed by atoms with Crippen molar-refractivity contribution in [3.05, 3.63) is 28.7 Å². The molecule has 20 heavy (non-hydrogen) atoms. The summed E-state index contributed by atoms with van der Waals surface area (Å²) in [6.07, 6.45) is 2.67. The van der Waals surface area contributed by atoms with Crippen molar-refractivity contribution < 1.29 is 14.9 Å². The molecule has 0 aliphatic heterocycles. The van der Waals surface area contributed by atoms with E-state index in [0.29, 0.717) is 6.54 Å². The lowest BCUT2D eigenvalue weighted by molar-refractivity contribution is 0.104. The van der Waals surface area contributed by atoms with E-state index in [2.05, 4.69) is 21.2 Å². The Hall–Kier alpha value is -0.620. The van der Waals surface area contributed by atoms with Crippen LogP contribution in [-0.2, 0) is 0 Å². The van der Waals surface area contributed by atoms with Crippen LogP contribution in [0.5, 0.6) is 5.75 Å². The largest absolute Gasteiger partial charge is 0.491 e. The van der Waals surface area contributed by atoms with Gasteiger partial charge in [0.1, 0.15) is 18.5 Å². The normalized spacial score (nSPS) is 17.8. The Morgan fingerprint density at radius 3 is 2.60 bits per heavy atom. The second-order valence-electron chi connectivity index (χ2n) is 5.52. The van der Waals surface area contributed by atoms with Crippen LogP contribution in [0.3, 0.4) is 0 Å². The van der Waals surface area contributed by atoms with E-state index in [1.54, 1.807) is 0 Å². The van der Waals surface area contributed by atoms with Crippen molar-refractivity contribution in [3.8, 4) is 5.75 Å². The molecule has 0 bridgehead atoms. The van der Waals surface area contributed by atoms with Gasteiger partial charge >= 0.3 is 0 Å². The molecule has 5 heteroatoms. The molecule has 3 N–H and O–H groups in total. The van der Waals surface area contributed by atoms with Crippen LogP contribution in [0.1, 0.15) is 19.3 Å². The van der Waals surface area contributed by atoms with Gasteiger partial charge in [-0.05, 0) is 48.9 Å². The zero-order valence-corrected chi connectivity index (χ0v) is 13.1. The maximum Gasteiger partial charge on any atom is 0.119 e. The number of nitrogens with one attached hydrogen (secondary N) is 1. The van der Waals surface area contributed by atoms with Gasteiger partial charge in [-0.3, -0.25) is 0 Å². The summed E-state index contributed by atoms with van der Waals surface area (Å²) in [5.41, 5.74) is 0.279. The first-order chi connectivity index (χ1) is 9.63. The predicted octanol–water partition coefficient (Wildman–Crippen LogP) is 1.94. The first-order valence-corrected chi connectivity index (χ1v) is 7.81. The van der Waals surface area contributed by atoms with E-state index in [4.69, 9.17) is 9.84 Å². The van der Waals surface area contributed by atoms with Crippen LogP contribution in [0.25, 0.3) is 0 Å². The molecule has 1 saturated carbocycles. The van der Waals surface area contributed by atoms with Crippen molar-refractivity contribution in [1.82, 2.24) is 5.32 Å². The summed E-state index contributed by atoms with van der Waals surface area (Å²) in [6, 6.07) is 7.55. The minimum Gasteiger partial charge on any atom is -0.491 e. The number of rotatable bonds is 9. The predicted molar refractivity (Wildman–Crippen MR) is 81.9 cm³/mol. The monoisotopic (exact) mass is 343 g/mol. The van der Waals surface area contributed by atoms with E-state index >= 15 is 0 Å². The van der Waals surface area contributed by atoms with Crippen molar-refractivity contribution in [3.63, 3.8) is 0 Å². The van der Waals surface area contributed by atoms with Crippen LogP contribution < -0.4 is 10.1 Å². The van der Waals surface area contributed by atoms with Crippen LogP contribution >= 0.6 is 15.9 Å². The lowest BCUT2D eigenvalue weighted by atomic mass is 10.0. The smallest absolute Gasteiger partial charge is 0.119 e. The summed E-state index contributed by atoms with van der Waals surface area (Å²) in [7, 11) is 0. The maximum absolute atomic E-state index is 9.87. The van der Waals surface area contributed by atoms with E-state index in [9.17, 15) is 5.11 Å². The quantitative estimate of drug-likeness (QED) is 0.641. The second-order valence-corrected chi connectivity index (χ2v) is 6.44. The van der Waals surface area contributed by atoms with Crippen molar-refractivity contribution in [2.24, 2.45) is 5.41 Å². The van der Waals surface area contributed by atoms with Gasteiger partial charge < -0.3 is 20.3 Å². The van der Waals surface area contributed by atoms with Crippen molar-refractivity contribution >= 4 is 15.9 Å². The zero-order valence-electron chi connectivity index (χ0n) is 11.5. The summed E-state index contributed by atoms with van der Waals surface area (Å²) in [5, 5.41) is 22.1. The third kappa shape index (κ3) is 5.05. The minimum absolute atomic E-state index is 0.247. The number of hydrogen-bond acceptors (Lipinski definition) is 4. The molecule has 1 fully saturated rings. The van der Waals surface area contributed by atoms with E-state index in [1.807, 2.05) is 24.3 Å². The molecule has 0 radical (unpaired) electrons. The van der Waals surface area contributed by atoms with Gasteiger partial charge in [-0.2, -0.15) is 0 Å². The van der Waals surface area contributed by atoms with Gasteiger partial charge in [-0.25, -0.2) is 0 Å². The maximum atomic E-state index is 9.87. The van der Waals surface area contributed by atoms with E-state index < -0.39 is 6.10 Å². The second kappa shape index (κ2) is 7.41. The van der Waals surface area contributed by atoms with Gasteiger partial charge in [-0.1, -0.05) is 15.9 Å². The van der Waals surface area contributed by atoms with Gasteiger partial charge in [0.15, 0.2) is 0 Å². The molecule has 1 aromatic carbocycles. The minimum atomic E-state index is -0.524. The number of aliphatic hydroxyl groups excluding tert-OH is 2. The highest BCUT2D eigenvalue weighted by Gasteiger charge is 2.41. The number of benzene rings is 1. The van der Waals surface area contributed by atoms with Gasteiger partial charge in [0, 0.05) is 24.2 Å². The molecule has 0 spiro atoms. The van der Waals surface area contributed by atoms with E-state index in [0.717, 1.165) is 23.2 Å². The molecule has 0 aromatic heterocycles. The number of halogens is 1. The Kier molecular flexibility index (Phi) is 5.84. The lowest BCUT2D eigenvalue weighted by Gasteiger charge is -2.17. The lowest BCUT2D eigenvalue weighted by Crippen LogP contribution is -2.35. The third-order valence-corrected chi connectivity index (χ3v) is 4.26. The Morgan fingerprint density at radius 2 is 2.00 bits per heavy atom. The molecule has 0 amide bonds. The molecule has 112 valence electrons. The fraction of sp³-hybridized carbons (Fsp3) is 0.600. The fourth-order valence-corrected chi connectivity index (χ4v) is 2.48. The molecular formula is C15H22BrNO3. The standard InChI is InChI=1S/C15H22BrNO3/c16-12-1-3-14(4-2-12)20-10-13(19)9-17-11-15(5-6-15)7-8-18/h1-4,13,17-19H,5-11H2. The Balaban J connectivity index is 1.61. The third-order valence-electron chi connectivity index (χ3n) is 3.74. The fourth-order valence-electron chi connectivity index (χ4n) is 2.22. The Bertz CT molecular complexity index is 406. The van der Waals surface area contributed by atoms with Gasteiger partial charge in [-0.15, -0.1) is 0 Å². The summed E-state index contributed by atoms with van der Waals surface area (Å²) in [5.74, 6) is 0.756. The molecule has 1 aromatic rings. The van der Waals surface area contributed by atoms with Crippen LogP contribution in [0.15, 0.2) is 28.7 Å². The van der Waals surface area contributed by atoms with Crippen LogP contribution in [0.4, 0.5) is 0 Å². The first kappa shape index (κ1) is 15.8. The number of aliphatic hydroxyl groups is 2. The van der Waals surface area contributed by atoms with Crippen LogP contribution in [0, 0.1) is 5.41 Å². The van der Waals surface area contributed by atoms with E-state index in [1.165, 1.54) is 12.8 Å². The SMILES string of the molecule is OCCC1(CNCC(O)COc2ccc(Br)cc2)CC1. The summed E-state index contributed by atoms with van der Waals surface area (Å²) in [6.45, 7) is 1.91. The Labute approximate surface area is 128 Å². The molecule has 4 nitrogen and oxygen atoms in total. The molecule has 1 unspecified atom stereocenters. The van der Waals surface area contributed by atoms with Gasteiger partial charge in [0.05, 0.1) is 0 Å². The number of ether oxygens (including phenoxy) is 1. The molecule has 1 atom stereocenters. The summed E-state index contributed by atoms with van der Waals surface area (Å²) >= 11 is 3.36. The topological polar surface area (TPSA) is 61.7 Å². The highest BCUT2D eigenvalue weighted by atomic mass is 79.9. The molecule has 0 heterocycles. The average molecular weight is 344 g/mol.